The molecule has 0 unspecified atom stereocenters. The molecule has 19 heavy (non-hydrogen) atoms. The molecule has 0 saturated heterocycles. The van der Waals surface area contributed by atoms with E-state index in [1.165, 1.54) is 0 Å². The van der Waals surface area contributed by atoms with Gasteiger partial charge in [0.05, 0.1) is 9.79 Å². The van der Waals surface area contributed by atoms with Gasteiger partial charge in [-0.15, -0.1) is 0 Å². The standard InChI is InChI=1S/C12H6F4O2S/c13-5-3-11(7(15)1-9(5)17)19-12-4-6(14)10(18)2-8(12)16/h1-4,17-18H. The van der Waals surface area contributed by atoms with Gasteiger partial charge in [0.25, 0.3) is 0 Å². The van der Waals surface area contributed by atoms with Crippen molar-refractivity contribution in [2.24, 2.45) is 0 Å². The van der Waals surface area contributed by atoms with Gasteiger partial charge in [0.15, 0.2) is 23.1 Å². The Labute approximate surface area is 109 Å². The van der Waals surface area contributed by atoms with Crippen LogP contribution in [0.1, 0.15) is 0 Å². The first kappa shape index (κ1) is 13.5. The first-order chi connectivity index (χ1) is 8.88. The zero-order valence-corrected chi connectivity index (χ0v) is 9.94. The molecule has 7 heteroatoms. The van der Waals surface area contributed by atoms with Gasteiger partial charge in [0, 0.05) is 12.1 Å². The molecule has 0 aliphatic carbocycles. The fraction of sp³-hybridized carbons (Fsp3) is 0. The zero-order chi connectivity index (χ0) is 14.2. The van der Waals surface area contributed by atoms with Crippen molar-refractivity contribution in [1.29, 1.82) is 0 Å². The van der Waals surface area contributed by atoms with E-state index in [2.05, 4.69) is 0 Å². The van der Waals surface area contributed by atoms with Gasteiger partial charge in [-0.3, -0.25) is 0 Å². The second-order valence-corrected chi connectivity index (χ2v) is 4.65. The molecular weight excluding hydrogens is 284 g/mol. The van der Waals surface area contributed by atoms with Crippen LogP contribution < -0.4 is 0 Å². The average molecular weight is 290 g/mol. The lowest BCUT2D eigenvalue weighted by Gasteiger charge is -2.06. The minimum absolute atomic E-state index is 0.320. The molecule has 2 nitrogen and oxygen atoms in total. The lowest BCUT2D eigenvalue weighted by atomic mass is 10.3. The van der Waals surface area contributed by atoms with Crippen LogP contribution >= 0.6 is 11.8 Å². The molecule has 0 amide bonds. The highest BCUT2D eigenvalue weighted by atomic mass is 32.2. The monoisotopic (exact) mass is 290 g/mol. The molecule has 0 heterocycles. The summed E-state index contributed by atoms with van der Waals surface area (Å²) in [6, 6.07) is 2.40. The van der Waals surface area contributed by atoms with Gasteiger partial charge in [-0.2, -0.15) is 0 Å². The number of halogens is 4. The number of benzene rings is 2. The molecule has 0 atom stereocenters. The molecule has 0 aliphatic heterocycles. The highest BCUT2D eigenvalue weighted by Crippen LogP contribution is 2.36. The van der Waals surface area contributed by atoms with Crippen molar-refractivity contribution in [2.45, 2.75) is 9.79 Å². The summed E-state index contributed by atoms with van der Waals surface area (Å²) < 4.78 is 53.0. The van der Waals surface area contributed by atoms with Crippen LogP contribution in [-0.2, 0) is 0 Å². The van der Waals surface area contributed by atoms with E-state index in [0.29, 0.717) is 36.0 Å². The average Bonchev–Trinajstić information content (AvgIpc) is 2.32. The molecular formula is C12H6F4O2S. The first-order valence-electron chi connectivity index (χ1n) is 4.92. The normalized spacial score (nSPS) is 10.7. The minimum atomic E-state index is -1.08. The molecule has 2 rings (SSSR count). The van der Waals surface area contributed by atoms with Gasteiger partial charge in [0.1, 0.15) is 11.6 Å². The quantitative estimate of drug-likeness (QED) is 0.826. The van der Waals surface area contributed by atoms with E-state index in [4.69, 9.17) is 10.2 Å². The van der Waals surface area contributed by atoms with Crippen LogP contribution in [0.25, 0.3) is 0 Å². The minimum Gasteiger partial charge on any atom is -0.505 e. The van der Waals surface area contributed by atoms with E-state index >= 15 is 0 Å². The Hall–Kier alpha value is -1.89. The van der Waals surface area contributed by atoms with Crippen molar-refractivity contribution in [1.82, 2.24) is 0 Å². The summed E-state index contributed by atoms with van der Waals surface area (Å²) in [6.45, 7) is 0. The summed E-state index contributed by atoms with van der Waals surface area (Å²) in [5, 5.41) is 17.9. The molecule has 0 bridgehead atoms. The summed E-state index contributed by atoms with van der Waals surface area (Å²) in [4.78, 5) is -0.640. The van der Waals surface area contributed by atoms with Gasteiger partial charge < -0.3 is 10.2 Å². The summed E-state index contributed by atoms with van der Waals surface area (Å²) >= 11 is 0.434. The first-order valence-corrected chi connectivity index (χ1v) is 5.74. The molecule has 0 aromatic heterocycles. The van der Waals surface area contributed by atoms with Crippen molar-refractivity contribution in [3.05, 3.63) is 47.5 Å². The summed E-state index contributed by atoms with van der Waals surface area (Å²) in [6.07, 6.45) is 0. The molecule has 100 valence electrons. The number of aromatic hydroxyl groups is 2. The van der Waals surface area contributed by atoms with Crippen LogP contribution in [0.3, 0.4) is 0 Å². The Morgan fingerprint density at radius 1 is 0.632 bits per heavy atom. The Bertz CT molecular complexity index is 591. The number of hydrogen-bond acceptors (Lipinski definition) is 3. The summed E-state index contributed by atoms with van der Waals surface area (Å²) in [7, 11) is 0. The molecule has 2 aromatic carbocycles. The highest BCUT2D eigenvalue weighted by Gasteiger charge is 2.15. The third-order valence-electron chi connectivity index (χ3n) is 2.22. The van der Waals surface area contributed by atoms with Crippen molar-refractivity contribution < 1.29 is 27.8 Å². The maximum absolute atomic E-state index is 13.4. The summed E-state index contributed by atoms with van der Waals surface area (Å²) in [5.74, 6) is -5.86. The van der Waals surface area contributed by atoms with Crippen molar-refractivity contribution in [3.8, 4) is 11.5 Å². The van der Waals surface area contributed by atoms with E-state index in [-0.39, 0.29) is 9.79 Å². The van der Waals surface area contributed by atoms with E-state index in [1.54, 1.807) is 0 Å². The number of hydrogen-bond donors (Lipinski definition) is 2. The van der Waals surface area contributed by atoms with Crippen LogP contribution in [0.4, 0.5) is 17.6 Å². The predicted octanol–water partition coefficient (Wildman–Crippen LogP) is 3.81. The topological polar surface area (TPSA) is 40.5 Å². The third kappa shape index (κ3) is 2.76. The van der Waals surface area contributed by atoms with Crippen molar-refractivity contribution in [2.75, 3.05) is 0 Å². The zero-order valence-electron chi connectivity index (χ0n) is 9.12. The van der Waals surface area contributed by atoms with Gasteiger partial charge in [0.2, 0.25) is 0 Å². The molecule has 2 aromatic rings. The largest absolute Gasteiger partial charge is 0.505 e. The molecule has 2 N–H and O–H groups in total. The smallest absolute Gasteiger partial charge is 0.166 e. The molecule has 0 spiro atoms. The van der Waals surface area contributed by atoms with Gasteiger partial charge in [-0.25, -0.2) is 17.6 Å². The fourth-order valence-corrected chi connectivity index (χ4v) is 2.19. The maximum atomic E-state index is 13.4. The van der Waals surface area contributed by atoms with Crippen LogP contribution in [0.5, 0.6) is 11.5 Å². The molecule has 0 fully saturated rings. The molecule has 0 radical (unpaired) electrons. The maximum Gasteiger partial charge on any atom is 0.166 e. The molecule has 0 saturated carbocycles. The fourth-order valence-electron chi connectivity index (χ4n) is 1.31. The van der Waals surface area contributed by atoms with E-state index in [0.717, 1.165) is 0 Å². The van der Waals surface area contributed by atoms with Crippen LogP contribution in [0, 0.1) is 23.3 Å². The van der Waals surface area contributed by atoms with Crippen molar-refractivity contribution in [3.63, 3.8) is 0 Å². The molecule has 0 aliphatic rings. The number of rotatable bonds is 2. The van der Waals surface area contributed by atoms with E-state index < -0.39 is 34.8 Å². The number of phenols is 2. The van der Waals surface area contributed by atoms with E-state index in [9.17, 15) is 17.6 Å². The van der Waals surface area contributed by atoms with Crippen LogP contribution in [0.15, 0.2) is 34.1 Å². The van der Waals surface area contributed by atoms with Crippen molar-refractivity contribution >= 4 is 11.8 Å². The Kier molecular flexibility index (Phi) is 3.57. The predicted molar refractivity (Wildman–Crippen MR) is 60.2 cm³/mol. The Morgan fingerprint density at radius 2 is 1.00 bits per heavy atom. The lowest BCUT2D eigenvalue weighted by Crippen LogP contribution is -1.89. The third-order valence-corrected chi connectivity index (χ3v) is 3.29. The number of phenolic OH excluding ortho intramolecular Hbond substituents is 2. The highest BCUT2D eigenvalue weighted by molar-refractivity contribution is 7.99. The van der Waals surface area contributed by atoms with Crippen LogP contribution in [0.2, 0.25) is 0 Å². The van der Waals surface area contributed by atoms with Gasteiger partial charge >= 0.3 is 0 Å². The van der Waals surface area contributed by atoms with Crippen LogP contribution in [-0.4, -0.2) is 10.2 Å². The second kappa shape index (κ2) is 5.00. The van der Waals surface area contributed by atoms with Gasteiger partial charge in [-0.05, 0) is 12.1 Å². The van der Waals surface area contributed by atoms with Gasteiger partial charge in [-0.1, -0.05) is 11.8 Å². The second-order valence-electron chi connectivity index (χ2n) is 3.57. The summed E-state index contributed by atoms with van der Waals surface area (Å²) in [5.41, 5.74) is 0. The van der Waals surface area contributed by atoms with E-state index in [1.807, 2.05) is 0 Å². The SMILES string of the molecule is Oc1cc(F)c(Sc2cc(F)c(O)cc2F)cc1F. The lowest BCUT2D eigenvalue weighted by molar-refractivity contribution is 0.422. The Balaban J connectivity index is 2.42. The Morgan fingerprint density at radius 3 is 1.37 bits per heavy atom.